The monoisotopic (exact) mass is 200 g/mol. The average molecular weight is 200 g/mol. The predicted octanol–water partition coefficient (Wildman–Crippen LogP) is 2.34. The lowest BCUT2D eigenvalue weighted by Gasteiger charge is -2.25. The van der Waals surface area contributed by atoms with E-state index in [0.717, 1.165) is 18.8 Å². The minimum absolute atomic E-state index is 0.265. The Hall–Kier alpha value is -0.0800. The molecule has 0 unspecified atom stereocenters. The molecule has 2 heteroatoms. The van der Waals surface area contributed by atoms with Crippen LogP contribution in [0.3, 0.4) is 0 Å². The maximum atomic E-state index is 9.20. The van der Waals surface area contributed by atoms with E-state index in [0.29, 0.717) is 12.5 Å². The maximum absolute atomic E-state index is 9.20. The van der Waals surface area contributed by atoms with Crippen LogP contribution < -0.4 is 0 Å². The Kier molecular flexibility index (Phi) is 6.20. The number of rotatable bonds is 6. The van der Waals surface area contributed by atoms with Crippen molar-refractivity contribution in [2.75, 3.05) is 13.2 Å². The highest BCUT2D eigenvalue weighted by atomic mass is 16.3. The summed E-state index contributed by atoms with van der Waals surface area (Å²) in [5.41, 5.74) is 0. The highest BCUT2D eigenvalue weighted by Gasteiger charge is 2.18. The summed E-state index contributed by atoms with van der Waals surface area (Å²) in [5, 5.41) is 17.9. The standard InChI is InChI=1S/C12H24O2/c13-8-4-7-12(10-14)9-11-5-2-1-3-6-11/h11-14H,1-10H2/t12-/m1/s1. The van der Waals surface area contributed by atoms with Crippen LogP contribution in [0.5, 0.6) is 0 Å². The van der Waals surface area contributed by atoms with Gasteiger partial charge in [-0.25, -0.2) is 0 Å². The Labute approximate surface area is 87.3 Å². The molecule has 0 saturated heterocycles. The second kappa shape index (κ2) is 7.24. The molecule has 0 aliphatic heterocycles. The molecule has 84 valence electrons. The van der Waals surface area contributed by atoms with Gasteiger partial charge in [0.15, 0.2) is 0 Å². The van der Waals surface area contributed by atoms with Gasteiger partial charge in [-0.1, -0.05) is 32.1 Å². The molecule has 1 fully saturated rings. The van der Waals surface area contributed by atoms with Crippen LogP contribution in [0.4, 0.5) is 0 Å². The van der Waals surface area contributed by atoms with Crippen molar-refractivity contribution in [2.24, 2.45) is 11.8 Å². The zero-order valence-corrected chi connectivity index (χ0v) is 9.12. The van der Waals surface area contributed by atoms with Crippen LogP contribution in [0, 0.1) is 11.8 Å². The van der Waals surface area contributed by atoms with Crippen molar-refractivity contribution in [1.29, 1.82) is 0 Å². The highest BCUT2D eigenvalue weighted by molar-refractivity contribution is 4.70. The molecular weight excluding hydrogens is 176 g/mol. The summed E-state index contributed by atoms with van der Waals surface area (Å²) >= 11 is 0. The first-order valence-corrected chi connectivity index (χ1v) is 6.08. The Balaban J connectivity index is 2.16. The first kappa shape index (κ1) is 12.0. The van der Waals surface area contributed by atoms with Crippen molar-refractivity contribution in [3.63, 3.8) is 0 Å². The van der Waals surface area contributed by atoms with Gasteiger partial charge in [0.05, 0.1) is 0 Å². The van der Waals surface area contributed by atoms with Gasteiger partial charge in [-0.15, -0.1) is 0 Å². The van der Waals surface area contributed by atoms with Gasteiger partial charge < -0.3 is 10.2 Å². The summed E-state index contributed by atoms with van der Waals surface area (Å²) in [4.78, 5) is 0. The van der Waals surface area contributed by atoms with Gasteiger partial charge in [0.2, 0.25) is 0 Å². The van der Waals surface area contributed by atoms with Gasteiger partial charge in [-0.05, 0) is 31.1 Å². The first-order chi connectivity index (χ1) is 6.86. The molecule has 0 bridgehead atoms. The SMILES string of the molecule is OCCC[C@@H](CO)CC1CCCCC1. The third-order valence-electron chi connectivity index (χ3n) is 3.42. The van der Waals surface area contributed by atoms with E-state index in [1.54, 1.807) is 0 Å². The molecule has 1 aliphatic carbocycles. The van der Waals surface area contributed by atoms with E-state index >= 15 is 0 Å². The molecular formula is C12H24O2. The van der Waals surface area contributed by atoms with Crippen LogP contribution in [0.25, 0.3) is 0 Å². The number of hydrogen-bond acceptors (Lipinski definition) is 2. The molecule has 1 saturated carbocycles. The van der Waals surface area contributed by atoms with E-state index in [1.807, 2.05) is 0 Å². The maximum Gasteiger partial charge on any atom is 0.0459 e. The number of aliphatic hydroxyl groups is 2. The van der Waals surface area contributed by atoms with Crippen LogP contribution in [-0.2, 0) is 0 Å². The third kappa shape index (κ3) is 4.43. The van der Waals surface area contributed by atoms with Crippen molar-refractivity contribution in [3.05, 3.63) is 0 Å². The Morgan fingerprint density at radius 2 is 1.79 bits per heavy atom. The average Bonchev–Trinajstić information content (AvgIpc) is 2.25. The quantitative estimate of drug-likeness (QED) is 0.691. The van der Waals surface area contributed by atoms with E-state index in [4.69, 9.17) is 5.11 Å². The third-order valence-corrected chi connectivity index (χ3v) is 3.42. The smallest absolute Gasteiger partial charge is 0.0459 e. The molecule has 0 radical (unpaired) electrons. The van der Waals surface area contributed by atoms with E-state index in [-0.39, 0.29) is 6.61 Å². The van der Waals surface area contributed by atoms with Crippen molar-refractivity contribution in [1.82, 2.24) is 0 Å². The normalized spacial score (nSPS) is 21.0. The van der Waals surface area contributed by atoms with Crippen molar-refractivity contribution in [2.45, 2.75) is 51.4 Å². The van der Waals surface area contributed by atoms with Crippen molar-refractivity contribution < 1.29 is 10.2 Å². The summed E-state index contributed by atoms with van der Waals surface area (Å²) in [5.74, 6) is 1.28. The van der Waals surface area contributed by atoms with Gasteiger partial charge in [-0.3, -0.25) is 0 Å². The second-order valence-corrected chi connectivity index (χ2v) is 4.65. The second-order valence-electron chi connectivity index (χ2n) is 4.65. The molecule has 0 spiro atoms. The molecule has 0 heterocycles. The van der Waals surface area contributed by atoms with Gasteiger partial charge >= 0.3 is 0 Å². The summed E-state index contributed by atoms with van der Waals surface area (Å²) in [6.07, 6.45) is 9.88. The van der Waals surface area contributed by atoms with Gasteiger partial charge in [0, 0.05) is 13.2 Å². The lowest BCUT2D eigenvalue weighted by Crippen LogP contribution is -2.15. The zero-order valence-electron chi connectivity index (χ0n) is 9.12. The predicted molar refractivity (Wildman–Crippen MR) is 58.1 cm³/mol. The molecule has 0 aromatic carbocycles. The molecule has 1 aliphatic rings. The lowest BCUT2D eigenvalue weighted by atomic mass is 9.82. The van der Waals surface area contributed by atoms with Gasteiger partial charge in [-0.2, -0.15) is 0 Å². The highest BCUT2D eigenvalue weighted by Crippen LogP contribution is 2.30. The van der Waals surface area contributed by atoms with Crippen LogP contribution in [0.2, 0.25) is 0 Å². The molecule has 1 rings (SSSR count). The first-order valence-electron chi connectivity index (χ1n) is 6.08. The van der Waals surface area contributed by atoms with E-state index < -0.39 is 0 Å². The number of hydrogen-bond donors (Lipinski definition) is 2. The summed E-state index contributed by atoms with van der Waals surface area (Å²) in [6.45, 7) is 0.567. The molecule has 0 amide bonds. The zero-order chi connectivity index (χ0) is 10.2. The van der Waals surface area contributed by atoms with E-state index in [2.05, 4.69) is 0 Å². The van der Waals surface area contributed by atoms with Crippen LogP contribution in [-0.4, -0.2) is 23.4 Å². The molecule has 2 nitrogen and oxygen atoms in total. The topological polar surface area (TPSA) is 40.5 Å². The summed E-state index contributed by atoms with van der Waals surface area (Å²) < 4.78 is 0. The minimum atomic E-state index is 0.265. The van der Waals surface area contributed by atoms with Gasteiger partial charge in [0.25, 0.3) is 0 Å². The van der Waals surface area contributed by atoms with Crippen LogP contribution >= 0.6 is 0 Å². The van der Waals surface area contributed by atoms with E-state index in [9.17, 15) is 5.11 Å². The minimum Gasteiger partial charge on any atom is -0.396 e. The molecule has 14 heavy (non-hydrogen) atoms. The van der Waals surface area contributed by atoms with Crippen molar-refractivity contribution in [3.8, 4) is 0 Å². The summed E-state index contributed by atoms with van der Waals surface area (Å²) in [7, 11) is 0. The molecule has 0 aromatic rings. The van der Waals surface area contributed by atoms with E-state index in [1.165, 1.54) is 38.5 Å². The summed E-state index contributed by atoms with van der Waals surface area (Å²) in [6, 6.07) is 0. The Bertz CT molecular complexity index is 130. The van der Waals surface area contributed by atoms with Gasteiger partial charge in [0.1, 0.15) is 0 Å². The fraction of sp³-hybridized carbons (Fsp3) is 1.00. The Morgan fingerprint density at radius 1 is 1.07 bits per heavy atom. The lowest BCUT2D eigenvalue weighted by molar-refractivity contribution is 0.166. The molecule has 2 N–H and O–H groups in total. The molecule has 0 aromatic heterocycles. The number of aliphatic hydroxyl groups excluding tert-OH is 2. The molecule has 1 atom stereocenters. The fourth-order valence-electron chi connectivity index (χ4n) is 2.56. The van der Waals surface area contributed by atoms with Crippen molar-refractivity contribution >= 4 is 0 Å². The van der Waals surface area contributed by atoms with Crippen LogP contribution in [0.15, 0.2) is 0 Å². The van der Waals surface area contributed by atoms with Crippen LogP contribution in [0.1, 0.15) is 51.4 Å². The fourth-order valence-corrected chi connectivity index (χ4v) is 2.56. The largest absolute Gasteiger partial charge is 0.396 e. The Morgan fingerprint density at radius 3 is 2.36 bits per heavy atom.